The van der Waals surface area contributed by atoms with Crippen molar-refractivity contribution in [3.8, 4) is 0 Å². The number of guanidine groups is 1. The molecule has 6 heteroatoms. The van der Waals surface area contributed by atoms with Gasteiger partial charge in [-0.1, -0.05) is 37.3 Å². The van der Waals surface area contributed by atoms with Crippen molar-refractivity contribution in [2.45, 2.75) is 39.2 Å². The van der Waals surface area contributed by atoms with E-state index in [0.717, 1.165) is 51.6 Å². The zero-order chi connectivity index (χ0) is 19.8. The minimum absolute atomic E-state index is 0. The summed E-state index contributed by atoms with van der Waals surface area (Å²) in [5.74, 6) is 1.82. The van der Waals surface area contributed by atoms with Crippen molar-refractivity contribution < 1.29 is 0 Å². The van der Waals surface area contributed by atoms with Crippen molar-refractivity contribution in [2.75, 3.05) is 59.4 Å². The number of hydrogen-bond donors (Lipinski definition) is 1. The Bertz CT molecular complexity index is 601. The molecule has 0 aromatic heterocycles. The fourth-order valence-electron chi connectivity index (χ4n) is 4.69. The van der Waals surface area contributed by atoms with Crippen molar-refractivity contribution in [1.29, 1.82) is 0 Å². The van der Waals surface area contributed by atoms with Gasteiger partial charge in [-0.2, -0.15) is 0 Å². The van der Waals surface area contributed by atoms with Gasteiger partial charge in [0.15, 0.2) is 5.96 Å². The molecule has 2 heterocycles. The van der Waals surface area contributed by atoms with E-state index in [1.165, 1.54) is 31.5 Å². The summed E-state index contributed by atoms with van der Waals surface area (Å²) in [6.45, 7) is 13.1. The van der Waals surface area contributed by atoms with E-state index in [0.29, 0.717) is 12.0 Å². The zero-order valence-corrected chi connectivity index (χ0v) is 20.8. The molecule has 2 fully saturated rings. The lowest BCUT2D eigenvalue weighted by Gasteiger charge is -2.40. The summed E-state index contributed by atoms with van der Waals surface area (Å²) >= 11 is 0. The van der Waals surface area contributed by atoms with Crippen LogP contribution in [0.4, 0.5) is 0 Å². The molecular weight excluding hydrogens is 473 g/mol. The molecule has 0 amide bonds. The van der Waals surface area contributed by atoms with E-state index < -0.39 is 0 Å². The van der Waals surface area contributed by atoms with E-state index in [9.17, 15) is 0 Å². The maximum atomic E-state index is 5.03. The Hall–Kier alpha value is -0.860. The molecular formula is C23H40IN5. The first-order chi connectivity index (χ1) is 13.7. The molecule has 29 heavy (non-hydrogen) atoms. The summed E-state index contributed by atoms with van der Waals surface area (Å²) < 4.78 is 0. The Kier molecular flexibility index (Phi) is 10.7. The van der Waals surface area contributed by atoms with Gasteiger partial charge < -0.3 is 15.1 Å². The molecule has 0 bridgehead atoms. The van der Waals surface area contributed by atoms with Crippen LogP contribution < -0.4 is 5.32 Å². The molecule has 2 aliphatic rings. The van der Waals surface area contributed by atoms with Gasteiger partial charge in [-0.15, -0.1) is 24.0 Å². The lowest BCUT2D eigenvalue weighted by Crippen LogP contribution is -2.53. The number of hydrogen-bond acceptors (Lipinski definition) is 3. The Labute approximate surface area is 194 Å². The number of nitrogens with zero attached hydrogens (tertiary/aromatic N) is 4. The molecule has 0 spiro atoms. The topological polar surface area (TPSA) is 34.1 Å². The first-order valence-corrected chi connectivity index (χ1v) is 11.2. The zero-order valence-electron chi connectivity index (χ0n) is 18.5. The van der Waals surface area contributed by atoms with Crippen LogP contribution in [0.15, 0.2) is 35.3 Å². The van der Waals surface area contributed by atoms with Gasteiger partial charge in [0.25, 0.3) is 0 Å². The van der Waals surface area contributed by atoms with Crippen molar-refractivity contribution in [3.63, 3.8) is 0 Å². The van der Waals surface area contributed by atoms with Crippen LogP contribution in [-0.2, 0) is 0 Å². The van der Waals surface area contributed by atoms with Gasteiger partial charge in [-0.3, -0.25) is 9.89 Å². The summed E-state index contributed by atoms with van der Waals surface area (Å²) in [5.41, 5.74) is 1.44. The molecule has 1 aromatic rings. The third-order valence-corrected chi connectivity index (χ3v) is 6.18. The minimum Gasteiger partial charge on any atom is -0.357 e. The predicted molar refractivity (Wildman–Crippen MR) is 134 cm³/mol. The summed E-state index contributed by atoms with van der Waals surface area (Å²) in [4.78, 5) is 12.6. The van der Waals surface area contributed by atoms with E-state index in [4.69, 9.17) is 4.99 Å². The van der Waals surface area contributed by atoms with Crippen LogP contribution >= 0.6 is 24.0 Å². The SMILES string of the molecule is CCNC(=NCC1CCCN(C)C1)N1CCN(C(CC)c2ccccc2)CC1.I. The van der Waals surface area contributed by atoms with Gasteiger partial charge in [-0.25, -0.2) is 0 Å². The highest BCUT2D eigenvalue weighted by atomic mass is 127. The molecule has 0 radical (unpaired) electrons. The molecule has 0 saturated carbocycles. The summed E-state index contributed by atoms with van der Waals surface area (Å²) in [6.07, 6.45) is 3.79. The quantitative estimate of drug-likeness (QED) is 0.358. The van der Waals surface area contributed by atoms with Crippen molar-refractivity contribution in [2.24, 2.45) is 10.9 Å². The summed E-state index contributed by atoms with van der Waals surface area (Å²) in [5, 5.41) is 3.54. The fourth-order valence-corrected chi connectivity index (χ4v) is 4.69. The summed E-state index contributed by atoms with van der Waals surface area (Å²) in [7, 11) is 2.23. The molecule has 164 valence electrons. The average molecular weight is 514 g/mol. The van der Waals surface area contributed by atoms with Gasteiger partial charge >= 0.3 is 0 Å². The van der Waals surface area contributed by atoms with Crippen molar-refractivity contribution in [1.82, 2.24) is 20.0 Å². The van der Waals surface area contributed by atoms with E-state index in [1.54, 1.807) is 0 Å². The second-order valence-electron chi connectivity index (χ2n) is 8.32. The minimum atomic E-state index is 0. The number of aliphatic imine (C=N–C) groups is 1. The first-order valence-electron chi connectivity index (χ1n) is 11.2. The molecule has 2 aliphatic heterocycles. The van der Waals surface area contributed by atoms with Gasteiger partial charge in [0.1, 0.15) is 0 Å². The molecule has 2 atom stereocenters. The molecule has 0 aliphatic carbocycles. The Morgan fingerprint density at radius 1 is 1.10 bits per heavy atom. The van der Waals surface area contributed by atoms with E-state index in [-0.39, 0.29) is 24.0 Å². The third-order valence-electron chi connectivity index (χ3n) is 6.18. The Morgan fingerprint density at radius 3 is 2.45 bits per heavy atom. The average Bonchev–Trinajstić information content (AvgIpc) is 2.73. The second-order valence-corrected chi connectivity index (χ2v) is 8.32. The molecule has 3 rings (SSSR count). The Balaban J connectivity index is 0.00000300. The number of likely N-dealkylation sites (tertiary alicyclic amines) is 1. The molecule has 2 unspecified atom stereocenters. The third kappa shape index (κ3) is 7.10. The second kappa shape index (κ2) is 12.7. The van der Waals surface area contributed by atoms with Crippen molar-refractivity contribution in [3.05, 3.63) is 35.9 Å². The maximum Gasteiger partial charge on any atom is 0.194 e. The van der Waals surface area contributed by atoms with Crippen LogP contribution in [0, 0.1) is 5.92 Å². The van der Waals surface area contributed by atoms with Gasteiger partial charge in [0, 0.05) is 51.9 Å². The van der Waals surface area contributed by atoms with Gasteiger partial charge in [0.05, 0.1) is 0 Å². The largest absolute Gasteiger partial charge is 0.357 e. The number of halogens is 1. The predicted octanol–water partition coefficient (Wildman–Crippen LogP) is 3.68. The number of piperazine rings is 1. The molecule has 1 aromatic carbocycles. The smallest absolute Gasteiger partial charge is 0.194 e. The standard InChI is InChI=1S/C23H39N5.HI/c1-4-22(21-11-7-6-8-12-21)27-14-16-28(17-15-27)23(24-5-2)25-18-20-10-9-13-26(3)19-20;/h6-8,11-12,20,22H,4-5,9-10,13-19H2,1-3H3,(H,24,25);1H. The number of benzene rings is 1. The molecule has 1 N–H and O–H groups in total. The lowest BCUT2D eigenvalue weighted by atomic mass is 9.99. The van der Waals surface area contributed by atoms with Crippen LogP contribution in [0.5, 0.6) is 0 Å². The summed E-state index contributed by atoms with van der Waals surface area (Å²) in [6, 6.07) is 11.5. The van der Waals surface area contributed by atoms with Crippen molar-refractivity contribution >= 4 is 29.9 Å². The van der Waals surface area contributed by atoms with Crippen LogP contribution in [0.25, 0.3) is 0 Å². The highest BCUT2D eigenvalue weighted by Crippen LogP contribution is 2.25. The highest BCUT2D eigenvalue weighted by molar-refractivity contribution is 14.0. The number of rotatable bonds is 6. The van der Waals surface area contributed by atoms with E-state index in [1.807, 2.05) is 0 Å². The van der Waals surface area contributed by atoms with Gasteiger partial charge in [0.2, 0.25) is 0 Å². The van der Waals surface area contributed by atoms with E-state index in [2.05, 4.69) is 71.2 Å². The normalized spacial score (nSPS) is 22.8. The van der Waals surface area contributed by atoms with Gasteiger partial charge in [-0.05, 0) is 51.3 Å². The number of nitrogens with one attached hydrogen (secondary N) is 1. The van der Waals surface area contributed by atoms with Crippen LogP contribution in [0.2, 0.25) is 0 Å². The molecule has 2 saturated heterocycles. The highest BCUT2D eigenvalue weighted by Gasteiger charge is 2.25. The molecule has 5 nitrogen and oxygen atoms in total. The fraction of sp³-hybridized carbons (Fsp3) is 0.696. The van der Waals surface area contributed by atoms with Crippen LogP contribution in [0.1, 0.15) is 44.7 Å². The maximum absolute atomic E-state index is 5.03. The first kappa shape index (κ1) is 24.4. The van der Waals surface area contributed by atoms with E-state index >= 15 is 0 Å². The van der Waals surface area contributed by atoms with Crippen LogP contribution in [0.3, 0.4) is 0 Å². The lowest BCUT2D eigenvalue weighted by molar-refractivity contribution is 0.126. The van der Waals surface area contributed by atoms with Crippen LogP contribution in [-0.4, -0.2) is 80.1 Å². The number of piperidine rings is 1. The Morgan fingerprint density at radius 2 is 1.83 bits per heavy atom. The monoisotopic (exact) mass is 513 g/mol.